The first kappa shape index (κ1) is 19.7. The quantitative estimate of drug-likeness (QED) is 0.876. The van der Waals surface area contributed by atoms with Crippen molar-refractivity contribution in [1.82, 2.24) is 19.8 Å². The molecule has 0 aliphatic carbocycles. The van der Waals surface area contributed by atoms with E-state index in [1.807, 2.05) is 0 Å². The first-order valence-electron chi connectivity index (χ1n) is 8.91. The van der Waals surface area contributed by atoms with Crippen LogP contribution in [0.1, 0.15) is 19.8 Å². The van der Waals surface area contributed by atoms with Crippen LogP contribution in [0, 0.1) is 11.6 Å². The molecule has 3 amide bonds. The van der Waals surface area contributed by atoms with Gasteiger partial charge in [0, 0.05) is 57.1 Å². The van der Waals surface area contributed by atoms with Crippen LogP contribution in [0.15, 0.2) is 30.6 Å². The highest BCUT2D eigenvalue weighted by molar-refractivity contribution is 5.87. The molecule has 1 aromatic heterocycles. The zero-order valence-electron chi connectivity index (χ0n) is 15.7. The number of nitrogens with zero attached hydrogens (tertiary/aromatic N) is 4. The molecule has 9 heteroatoms. The zero-order chi connectivity index (χ0) is 20.3. The van der Waals surface area contributed by atoms with Gasteiger partial charge in [0.25, 0.3) is 0 Å². The van der Waals surface area contributed by atoms with Crippen LogP contribution in [0.25, 0.3) is 11.1 Å². The van der Waals surface area contributed by atoms with Crippen molar-refractivity contribution < 1.29 is 18.4 Å². The van der Waals surface area contributed by atoms with Crippen LogP contribution in [0.4, 0.5) is 19.5 Å². The van der Waals surface area contributed by atoms with Crippen LogP contribution in [-0.4, -0.2) is 57.9 Å². The van der Waals surface area contributed by atoms with E-state index in [0.29, 0.717) is 37.1 Å². The molecular weight excluding hydrogens is 368 g/mol. The molecule has 0 radical (unpaired) electrons. The minimum atomic E-state index is -0.690. The molecule has 0 spiro atoms. The van der Waals surface area contributed by atoms with Gasteiger partial charge in [0.05, 0.1) is 0 Å². The van der Waals surface area contributed by atoms with Crippen LogP contribution in [0.3, 0.4) is 0 Å². The Morgan fingerprint density at radius 3 is 2.18 bits per heavy atom. The van der Waals surface area contributed by atoms with Gasteiger partial charge in [-0.2, -0.15) is 0 Å². The standard InChI is InChI=1S/C19H21F2N5O2/c1-12(27)26-5-3-17(4-6-26)25(2)19(28)24-18-22-10-14(11-23-18)13-7-15(20)9-16(21)8-13/h7-11,17H,3-6H2,1-2H3,(H,22,23,24,28). The smallest absolute Gasteiger partial charge is 0.324 e. The molecule has 7 nitrogen and oxygen atoms in total. The van der Waals surface area contributed by atoms with Gasteiger partial charge in [-0.05, 0) is 30.5 Å². The maximum absolute atomic E-state index is 13.3. The summed E-state index contributed by atoms with van der Waals surface area (Å²) in [5.74, 6) is -1.24. The number of aromatic nitrogens is 2. The Labute approximate surface area is 161 Å². The van der Waals surface area contributed by atoms with Crippen LogP contribution in [-0.2, 0) is 4.79 Å². The average Bonchev–Trinajstić information content (AvgIpc) is 2.67. The monoisotopic (exact) mass is 389 g/mol. The molecule has 2 heterocycles. The third-order valence-corrected chi connectivity index (χ3v) is 4.84. The van der Waals surface area contributed by atoms with E-state index in [1.165, 1.54) is 31.5 Å². The summed E-state index contributed by atoms with van der Waals surface area (Å²) in [6.07, 6.45) is 4.19. The number of likely N-dealkylation sites (tertiary alicyclic amines) is 1. The number of nitrogens with one attached hydrogen (secondary N) is 1. The molecule has 0 saturated carbocycles. The summed E-state index contributed by atoms with van der Waals surface area (Å²) in [6, 6.07) is 2.81. The van der Waals surface area contributed by atoms with E-state index < -0.39 is 11.6 Å². The van der Waals surface area contributed by atoms with Gasteiger partial charge in [0.1, 0.15) is 11.6 Å². The number of halogens is 2. The number of hydrogen-bond acceptors (Lipinski definition) is 4. The fraction of sp³-hybridized carbons (Fsp3) is 0.368. The molecular formula is C19H21F2N5O2. The molecule has 2 aromatic rings. The maximum Gasteiger partial charge on any atom is 0.324 e. The van der Waals surface area contributed by atoms with Gasteiger partial charge in [0.2, 0.25) is 11.9 Å². The van der Waals surface area contributed by atoms with E-state index in [1.54, 1.807) is 16.8 Å². The first-order valence-corrected chi connectivity index (χ1v) is 8.91. The number of hydrogen-bond donors (Lipinski definition) is 1. The number of anilines is 1. The lowest BCUT2D eigenvalue weighted by molar-refractivity contribution is -0.130. The Hall–Kier alpha value is -3.10. The van der Waals surface area contributed by atoms with Gasteiger partial charge in [-0.15, -0.1) is 0 Å². The summed E-state index contributed by atoms with van der Waals surface area (Å²) in [7, 11) is 1.69. The number of amides is 3. The largest absolute Gasteiger partial charge is 0.343 e. The van der Waals surface area contributed by atoms with Crippen molar-refractivity contribution in [2.24, 2.45) is 0 Å². The highest BCUT2D eigenvalue weighted by Crippen LogP contribution is 2.21. The van der Waals surface area contributed by atoms with Gasteiger partial charge >= 0.3 is 6.03 Å². The normalized spacial score (nSPS) is 14.6. The molecule has 148 valence electrons. The van der Waals surface area contributed by atoms with Crippen LogP contribution >= 0.6 is 0 Å². The molecule has 1 N–H and O–H groups in total. The second-order valence-corrected chi connectivity index (χ2v) is 6.73. The van der Waals surface area contributed by atoms with Crippen molar-refractivity contribution in [1.29, 1.82) is 0 Å². The summed E-state index contributed by atoms with van der Waals surface area (Å²) < 4.78 is 26.7. The number of benzene rings is 1. The zero-order valence-corrected chi connectivity index (χ0v) is 15.7. The van der Waals surface area contributed by atoms with Crippen LogP contribution < -0.4 is 5.32 Å². The molecule has 1 aromatic carbocycles. The Bertz CT molecular complexity index is 847. The van der Waals surface area contributed by atoms with Crippen LogP contribution in [0.5, 0.6) is 0 Å². The maximum atomic E-state index is 13.3. The second kappa shape index (κ2) is 8.28. The fourth-order valence-corrected chi connectivity index (χ4v) is 3.18. The average molecular weight is 389 g/mol. The molecule has 0 bridgehead atoms. The van der Waals surface area contributed by atoms with Gasteiger partial charge in [-0.25, -0.2) is 23.5 Å². The highest BCUT2D eigenvalue weighted by Gasteiger charge is 2.26. The Balaban J connectivity index is 1.60. The lowest BCUT2D eigenvalue weighted by Crippen LogP contribution is -2.48. The summed E-state index contributed by atoms with van der Waals surface area (Å²) >= 11 is 0. The molecule has 28 heavy (non-hydrogen) atoms. The minimum absolute atomic E-state index is 0.0187. The summed E-state index contributed by atoms with van der Waals surface area (Å²) in [4.78, 5) is 35.3. The molecule has 1 aliphatic heterocycles. The second-order valence-electron chi connectivity index (χ2n) is 6.73. The topological polar surface area (TPSA) is 78.4 Å². The lowest BCUT2D eigenvalue weighted by atomic mass is 10.0. The lowest BCUT2D eigenvalue weighted by Gasteiger charge is -2.36. The number of carbonyl (C=O) groups excluding carboxylic acids is 2. The summed E-state index contributed by atoms with van der Waals surface area (Å²) in [6.45, 7) is 2.77. The van der Waals surface area contributed by atoms with Crippen molar-refractivity contribution >= 4 is 17.9 Å². The predicted octanol–water partition coefficient (Wildman–Crippen LogP) is 2.90. The summed E-state index contributed by atoms with van der Waals surface area (Å²) in [5.41, 5.74) is 0.742. The molecule has 3 rings (SSSR count). The van der Waals surface area contributed by atoms with E-state index in [9.17, 15) is 18.4 Å². The molecule has 0 unspecified atom stereocenters. The molecule has 1 aliphatic rings. The van der Waals surface area contributed by atoms with E-state index in [2.05, 4.69) is 15.3 Å². The predicted molar refractivity (Wildman–Crippen MR) is 99.4 cm³/mol. The van der Waals surface area contributed by atoms with Crippen molar-refractivity contribution in [3.05, 3.63) is 42.2 Å². The fourth-order valence-electron chi connectivity index (χ4n) is 3.18. The number of rotatable bonds is 3. The van der Waals surface area contributed by atoms with E-state index >= 15 is 0 Å². The van der Waals surface area contributed by atoms with E-state index in [-0.39, 0.29) is 23.9 Å². The Morgan fingerprint density at radius 2 is 1.64 bits per heavy atom. The number of urea groups is 1. The number of carbonyl (C=O) groups is 2. The van der Waals surface area contributed by atoms with Gasteiger partial charge in [-0.1, -0.05) is 0 Å². The summed E-state index contributed by atoms with van der Waals surface area (Å²) in [5, 5.41) is 2.61. The van der Waals surface area contributed by atoms with Gasteiger partial charge < -0.3 is 9.80 Å². The molecule has 0 atom stereocenters. The molecule has 1 fully saturated rings. The third kappa shape index (κ3) is 4.59. The van der Waals surface area contributed by atoms with Crippen molar-refractivity contribution in [3.8, 4) is 11.1 Å². The third-order valence-electron chi connectivity index (χ3n) is 4.84. The van der Waals surface area contributed by atoms with Crippen molar-refractivity contribution in [2.75, 3.05) is 25.5 Å². The first-order chi connectivity index (χ1) is 13.3. The van der Waals surface area contributed by atoms with Gasteiger partial charge in [-0.3, -0.25) is 10.1 Å². The van der Waals surface area contributed by atoms with Crippen molar-refractivity contribution in [2.45, 2.75) is 25.8 Å². The Morgan fingerprint density at radius 1 is 1.07 bits per heavy atom. The van der Waals surface area contributed by atoms with E-state index in [0.717, 1.165) is 6.07 Å². The Kier molecular flexibility index (Phi) is 5.81. The number of piperidine rings is 1. The highest BCUT2D eigenvalue weighted by atomic mass is 19.1. The SMILES string of the molecule is CC(=O)N1CCC(N(C)C(=O)Nc2ncc(-c3cc(F)cc(F)c3)cn2)CC1. The van der Waals surface area contributed by atoms with Gasteiger partial charge in [0.15, 0.2) is 0 Å². The van der Waals surface area contributed by atoms with E-state index in [4.69, 9.17) is 0 Å². The van der Waals surface area contributed by atoms with Crippen molar-refractivity contribution in [3.63, 3.8) is 0 Å². The molecule has 1 saturated heterocycles. The van der Waals surface area contributed by atoms with Crippen LogP contribution in [0.2, 0.25) is 0 Å². The minimum Gasteiger partial charge on any atom is -0.343 e.